The number of carbonyl (C=O) groups is 1. The minimum Gasteiger partial charge on any atom is -0.389 e. The number of anilines is 1. The lowest BCUT2D eigenvalue weighted by Crippen LogP contribution is -2.34. The van der Waals surface area contributed by atoms with E-state index in [9.17, 15) is 9.90 Å². The molecule has 1 atom stereocenters. The molecule has 0 aliphatic carbocycles. The molecule has 0 aromatic heterocycles. The van der Waals surface area contributed by atoms with Crippen molar-refractivity contribution < 1.29 is 14.6 Å². The van der Waals surface area contributed by atoms with Crippen LogP contribution in [0.2, 0.25) is 0 Å². The van der Waals surface area contributed by atoms with Crippen LogP contribution in [-0.2, 0) is 4.74 Å². The Morgan fingerprint density at radius 1 is 1.40 bits per heavy atom. The van der Waals surface area contributed by atoms with Gasteiger partial charge in [0.25, 0.3) is 5.91 Å². The van der Waals surface area contributed by atoms with Crippen molar-refractivity contribution in [3.63, 3.8) is 0 Å². The van der Waals surface area contributed by atoms with E-state index in [-0.39, 0.29) is 19.1 Å². The number of hydrogen-bond acceptors (Lipinski definition) is 4. The number of rotatable bonds is 9. The Labute approximate surface area is 120 Å². The van der Waals surface area contributed by atoms with E-state index in [2.05, 4.69) is 17.6 Å². The number of nitrogens with one attached hydrogen (secondary N) is 2. The number of aliphatic hydroxyl groups excluding tert-OH is 1. The molecule has 5 heteroatoms. The molecule has 0 bridgehead atoms. The van der Waals surface area contributed by atoms with Crippen molar-refractivity contribution in [2.75, 3.05) is 32.1 Å². The number of hydrogen-bond donors (Lipinski definition) is 3. The maximum absolute atomic E-state index is 12.1. The quantitative estimate of drug-likeness (QED) is 0.601. The Kier molecular flexibility index (Phi) is 7.69. The van der Waals surface area contributed by atoms with E-state index >= 15 is 0 Å². The first kappa shape index (κ1) is 16.5. The van der Waals surface area contributed by atoms with E-state index in [4.69, 9.17) is 4.74 Å². The number of ether oxygens (including phenoxy) is 1. The van der Waals surface area contributed by atoms with Gasteiger partial charge in [0.1, 0.15) is 0 Å². The highest BCUT2D eigenvalue weighted by Crippen LogP contribution is 2.14. The van der Waals surface area contributed by atoms with Crippen LogP contribution < -0.4 is 10.6 Å². The molecule has 0 spiro atoms. The minimum absolute atomic E-state index is 0.177. The molecular weight excluding hydrogens is 256 g/mol. The summed E-state index contributed by atoms with van der Waals surface area (Å²) < 4.78 is 4.82. The fraction of sp³-hybridized carbons (Fsp3) is 0.533. The zero-order chi connectivity index (χ0) is 14.8. The minimum atomic E-state index is -0.691. The van der Waals surface area contributed by atoms with Gasteiger partial charge >= 0.3 is 0 Å². The summed E-state index contributed by atoms with van der Waals surface area (Å²) in [6.07, 6.45) is 1.47. The number of methoxy groups -OCH3 is 1. The van der Waals surface area contributed by atoms with Crippen molar-refractivity contribution in [2.45, 2.75) is 25.9 Å². The predicted molar refractivity (Wildman–Crippen MR) is 80.1 cm³/mol. The molecule has 0 aliphatic rings. The second-order valence-electron chi connectivity index (χ2n) is 4.65. The summed E-state index contributed by atoms with van der Waals surface area (Å²) in [5.41, 5.74) is 1.41. The second kappa shape index (κ2) is 9.34. The Balaban J connectivity index is 2.58. The lowest BCUT2D eigenvalue weighted by atomic mass is 10.1. The molecule has 1 amide bonds. The van der Waals surface area contributed by atoms with Crippen LogP contribution in [0.5, 0.6) is 0 Å². The standard InChI is InChI=1S/C15H24N2O3/c1-3-4-9-16-14-8-6-5-7-13(14)15(19)17-10-12(18)11-20-2/h5-8,12,16,18H,3-4,9-11H2,1-2H3,(H,17,19). The molecule has 0 saturated carbocycles. The van der Waals surface area contributed by atoms with Gasteiger partial charge in [0, 0.05) is 25.9 Å². The largest absolute Gasteiger partial charge is 0.389 e. The molecule has 1 rings (SSSR count). The van der Waals surface area contributed by atoms with Crippen molar-refractivity contribution in [1.29, 1.82) is 0 Å². The number of amides is 1. The van der Waals surface area contributed by atoms with E-state index in [0.29, 0.717) is 5.56 Å². The smallest absolute Gasteiger partial charge is 0.253 e. The average molecular weight is 280 g/mol. The molecule has 20 heavy (non-hydrogen) atoms. The van der Waals surface area contributed by atoms with Crippen molar-refractivity contribution in [3.05, 3.63) is 29.8 Å². The molecule has 1 aromatic rings. The van der Waals surface area contributed by atoms with Crippen molar-refractivity contribution in [1.82, 2.24) is 5.32 Å². The first-order valence-corrected chi connectivity index (χ1v) is 6.97. The summed E-state index contributed by atoms with van der Waals surface area (Å²) in [4.78, 5) is 12.1. The summed E-state index contributed by atoms with van der Waals surface area (Å²) in [7, 11) is 1.51. The summed E-state index contributed by atoms with van der Waals surface area (Å²) in [5.74, 6) is -0.195. The van der Waals surface area contributed by atoms with E-state index in [1.807, 2.05) is 18.2 Å². The highest BCUT2D eigenvalue weighted by atomic mass is 16.5. The molecule has 3 N–H and O–H groups in total. The molecule has 0 aliphatic heterocycles. The van der Waals surface area contributed by atoms with Crippen LogP contribution in [0, 0.1) is 0 Å². The monoisotopic (exact) mass is 280 g/mol. The first-order chi connectivity index (χ1) is 9.69. The summed E-state index contributed by atoms with van der Waals surface area (Å²) in [6.45, 7) is 3.34. The number of carbonyl (C=O) groups excluding carboxylic acids is 1. The third-order valence-corrected chi connectivity index (χ3v) is 2.87. The Morgan fingerprint density at radius 3 is 2.85 bits per heavy atom. The van der Waals surface area contributed by atoms with E-state index in [0.717, 1.165) is 25.1 Å². The van der Waals surface area contributed by atoms with Gasteiger partial charge in [-0.2, -0.15) is 0 Å². The summed E-state index contributed by atoms with van der Waals surface area (Å²) in [6, 6.07) is 7.37. The zero-order valence-corrected chi connectivity index (χ0v) is 12.2. The van der Waals surface area contributed by atoms with Crippen LogP contribution in [0.15, 0.2) is 24.3 Å². The average Bonchev–Trinajstić information content (AvgIpc) is 2.46. The summed E-state index contributed by atoms with van der Waals surface area (Å²) >= 11 is 0. The normalized spacial score (nSPS) is 11.9. The lowest BCUT2D eigenvalue weighted by molar-refractivity contribution is 0.0610. The second-order valence-corrected chi connectivity index (χ2v) is 4.65. The topological polar surface area (TPSA) is 70.6 Å². The van der Waals surface area contributed by atoms with E-state index in [1.54, 1.807) is 6.07 Å². The van der Waals surface area contributed by atoms with Gasteiger partial charge in [-0.25, -0.2) is 0 Å². The number of unbranched alkanes of at least 4 members (excludes halogenated alkanes) is 1. The van der Waals surface area contributed by atoms with E-state index < -0.39 is 6.10 Å². The predicted octanol–water partition coefficient (Wildman–Crippen LogP) is 1.64. The third-order valence-electron chi connectivity index (χ3n) is 2.87. The molecule has 0 radical (unpaired) electrons. The third kappa shape index (κ3) is 5.59. The highest BCUT2D eigenvalue weighted by Gasteiger charge is 2.12. The molecule has 0 saturated heterocycles. The van der Waals surface area contributed by atoms with Gasteiger partial charge in [-0.05, 0) is 18.6 Å². The Morgan fingerprint density at radius 2 is 2.15 bits per heavy atom. The number of para-hydroxylation sites is 1. The van der Waals surface area contributed by atoms with Crippen molar-refractivity contribution in [2.24, 2.45) is 0 Å². The van der Waals surface area contributed by atoms with Gasteiger partial charge in [0.05, 0.1) is 18.3 Å². The van der Waals surface area contributed by atoms with Crippen LogP contribution in [0.1, 0.15) is 30.1 Å². The summed E-state index contributed by atoms with van der Waals surface area (Å²) in [5, 5.41) is 15.5. The SMILES string of the molecule is CCCCNc1ccccc1C(=O)NCC(O)COC. The van der Waals surface area contributed by atoms with Gasteiger partial charge in [-0.1, -0.05) is 25.5 Å². The molecule has 5 nitrogen and oxygen atoms in total. The molecule has 0 fully saturated rings. The molecule has 0 heterocycles. The Hall–Kier alpha value is -1.59. The lowest BCUT2D eigenvalue weighted by Gasteiger charge is -2.14. The fourth-order valence-electron chi connectivity index (χ4n) is 1.79. The highest BCUT2D eigenvalue weighted by molar-refractivity contribution is 5.99. The van der Waals surface area contributed by atoms with Gasteiger partial charge in [-0.3, -0.25) is 4.79 Å². The van der Waals surface area contributed by atoms with Gasteiger partial charge in [0.15, 0.2) is 0 Å². The van der Waals surface area contributed by atoms with E-state index in [1.165, 1.54) is 7.11 Å². The fourth-order valence-corrected chi connectivity index (χ4v) is 1.79. The maximum atomic E-state index is 12.1. The molecule has 1 unspecified atom stereocenters. The van der Waals surface area contributed by atoms with Crippen molar-refractivity contribution >= 4 is 11.6 Å². The van der Waals surface area contributed by atoms with Gasteiger partial charge in [-0.15, -0.1) is 0 Å². The Bertz CT molecular complexity index is 410. The number of benzene rings is 1. The van der Waals surface area contributed by atoms with Crippen LogP contribution in [0.4, 0.5) is 5.69 Å². The molecule has 112 valence electrons. The first-order valence-electron chi connectivity index (χ1n) is 6.97. The van der Waals surface area contributed by atoms with Crippen LogP contribution in [0.25, 0.3) is 0 Å². The maximum Gasteiger partial charge on any atom is 0.253 e. The van der Waals surface area contributed by atoms with Crippen molar-refractivity contribution in [3.8, 4) is 0 Å². The van der Waals surface area contributed by atoms with Crippen LogP contribution >= 0.6 is 0 Å². The number of aliphatic hydroxyl groups is 1. The van der Waals surface area contributed by atoms with Gasteiger partial charge < -0.3 is 20.5 Å². The van der Waals surface area contributed by atoms with Gasteiger partial charge in [0.2, 0.25) is 0 Å². The molecule has 1 aromatic carbocycles. The van der Waals surface area contributed by atoms with Crippen LogP contribution in [-0.4, -0.2) is 43.9 Å². The zero-order valence-electron chi connectivity index (χ0n) is 12.2. The molecular formula is C15H24N2O3. The van der Waals surface area contributed by atoms with Crippen LogP contribution in [0.3, 0.4) is 0 Å².